The number of thiophene rings is 1. The molecule has 2 aromatic heterocycles. The summed E-state index contributed by atoms with van der Waals surface area (Å²) in [5, 5.41) is 8.88. The van der Waals surface area contributed by atoms with Gasteiger partial charge in [0.2, 0.25) is 0 Å². The van der Waals surface area contributed by atoms with Crippen molar-refractivity contribution in [2.24, 2.45) is 23.7 Å². The molecule has 0 aliphatic heterocycles. The first-order chi connectivity index (χ1) is 29.2. The van der Waals surface area contributed by atoms with Crippen LogP contribution in [0.1, 0.15) is 43.2 Å². The third-order valence-electron chi connectivity index (χ3n) is 15.2. The molecule has 5 aliphatic carbocycles. The maximum absolute atomic E-state index is 5.66. The quantitative estimate of drug-likeness (QED) is 0.167. The first-order valence-electron chi connectivity index (χ1n) is 21.6. The predicted molar refractivity (Wildman–Crippen MR) is 247 cm³/mol. The molecule has 3 heteroatoms. The number of fused-ring (bicyclic) bond motifs is 11. The molecule has 1 spiro atoms. The Labute approximate surface area is 347 Å². The minimum Gasteiger partial charge on any atom is -0.228 e. The van der Waals surface area contributed by atoms with Crippen LogP contribution in [-0.2, 0) is 5.41 Å². The SMILES string of the molecule is c1ccc(-c2nc(-c3cc(-c4cc5ccccc5c5c4sc4ccccc45)c4c(c3)C3(c5ccccc5-4)C4CC5CC(C4)CC3C5)c3c(ccc4ccccc43)n2)cc1. The topological polar surface area (TPSA) is 25.8 Å². The van der Waals surface area contributed by atoms with Gasteiger partial charge in [0, 0.05) is 47.7 Å². The highest BCUT2D eigenvalue weighted by molar-refractivity contribution is 7.26. The van der Waals surface area contributed by atoms with Crippen molar-refractivity contribution in [1.29, 1.82) is 0 Å². The third-order valence-corrected chi connectivity index (χ3v) is 16.4. The monoisotopic (exact) mass is 772 g/mol. The van der Waals surface area contributed by atoms with Crippen LogP contribution in [-0.4, -0.2) is 9.97 Å². The molecule has 59 heavy (non-hydrogen) atoms. The molecule has 280 valence electrons. The van der Waals surface area contributed by atoms with Gasteiger partial charge < -0.3 is 0 Å². The average Bonchev–Trinajstić information content (AvgIpc) is 3.82. The summed E-state index contributed by atoms with van der Waals surface area (Å²) in [5.74, 6) is 3.80. The summed E-state index contributed by atoms with van der Waals surface area (Å²) in [6.07, 6.45) is 6.81. The van der Waals surface area contributed by atoms with Crippen LogP contribution in [0, 0.1) is 23.7 Å². The molecular weight excluding hydrogens is 733 g/mol. The van der Waals surface area contributed by atoms with Crippen LogP contribution >= 0.6 is 11.3 Å². The number of nitrogens with zero attached hydrogens (tertiary/aromatic N) is 2. The van der Waals surface area contributed by atoms with Crippen LogP contribution in [0.25, 0.3) is 97.5 Å². The molecule has 0 N–H and O–H groups in total. The van der Waals surface area contributed by atoms with Crippen molar-refractivity contribution in [2.75, 3.05) is 0 Å². The van der Waals surface area contributed by atoms with Gasteiger partial charge in [-0.25, -0.2) is 9.97 Å². The largest absolute Gasteiger partial charge is 0.228 e. The molecular formula is C56H40N2S. The number of hydrogen-bond donors (Lipinski definition) is 0. The molecule has 4 saturated carbocycles. The molecule has 0 unspecified atom stereocenters. The summed E-state index contributed by atoms with van der Waals surface area (Å²) in [7, 11) is 0. The van der Waals surface area contributed by atoms with Crippen LogP contribution < -0.4 is 0 Å². The normalized spacial score (nSPS) is 22.6. The highest BCUT2D eigenvalue weighted by Crippen LogP contribution is 2.70. The summed E-state index contributed by atoms with van der Waals surface area (Å²) in [6, 6.07) is 59.2. The smallest absolute Gasteiger partial charge is 0.160 e. The second kappa shape index (κ2) is 12.0. The lowest BCUT2D eigenvalue weighted by atomic mass is 9.43. The molecule has 4 bridgehead atoms. The van der Waals surface area contributed by atoms with E-state index < -0.39 is 0 Å². The molecule has 5 aliphatic rings. The Hall–Kier alpha value is -6.16. The highest BCUT2D eigenvalue weighted by atomic mass is 32.1. The fourth-order valence-electron chi connectivity index (χ4n) is 13.2. The zero-order valence-electron chi connectivity index (χ0n) is 32.7. The molecule has 0 saturated heterocycles. The molecule has 2 nitrogen and oxygen atoms in total. The predicted octanol–water partition coefficient (Wildman–Crippen LogP) is 15.0. The van der Waals surface area contributed by atoms with Gasteiger partial charge in [0.15, 0.2) is 5.82 Å². The van der Waals surface area contributed by atoms with E-state index in [1.807, 2.05) is 11.3 Å². The Bertz CT molecular complexity index is 3380. The number of rotatable bonds is 3. The zero-order chi connectivity index (χ0) is 38.4. The van der Waals surface area contributed by atoms with Crippen molar-refractivity contribution < 1.29 is 0 Å². The van der Waals surface area contributed by atoms with E-state index in [9.17, 15) is 0 Å². The van der Waals surface area contributed by atoms with Gasteiger partial charge in [-0.15, -0.1) is 11.3 Å². The lowest BCUT2D eigenvalue weighted by Crippen LogP contribution is -2.55. The second-order valence-electron chi connectivity index (χ2n) is 18.1. The van der Waals surface area contributed by atoms with Crippen LogP contribution in [0.3, 0.4) is 0 Å². The van der Waals surface area contributed by atoms with Crippen LogP contribution in [0.2, 0.25) is 0 Å². The average molecular weight is 773 g/mol. The summed E-state index contributed by atoms with van der Waals surface area (Å²) >= 11 is 1.95. The molecule has 10 aromatic rings. The molecule has 0 radical (unpaired) electrons. The maximum atomic E-state index is 5.66. The molecule has 15 rings (SSSR count). The second-order valence-corrected chi connectivity index (χ2v) is 19.1. The zero-order valence-corrected chi connectivity index (χ0v) is 33.5. The van der Waals surface area contributed by atoms with Crippen molar-refractivity contribution in [3.63, 3.8) is 0 Å². The van der Waals surface area contributed by atoms with Gasteiger partial charge in [-0.2, -0.15) is 0 Å². The Kier molecular flexibility index (Phi) is 6.64. The van der Waals surface area contributed by atoms with Crippen molar-refractivity contribution in [3.8, 4) is 44.9 Å². The van der Waals surface area contributed by atoms with Crippen molar-refractivity contribution in [1.82, 2.24) is 9.97 Å². The molecule has 8 aromatic carbocycles. The van der Waals surface area contributed by atoms with E-state index in [-0.39, 0.29) is 5.41 Å². The van der Waals surface area contributed by atoms with Gasteiger partial charge in [0.05, 0.1) is 11.2 Å². The fraction of sp³-hybridized carbons (Fsp3) is 0.179. The van der Waals surface area contributed by atoms with Gasteiger partial charge in [-0.3, -0.25) is 0 Å². The van der Waals surface area contributed by atoms with Crippen molar-refractivity contribution in [2.45, 2.75) is 37.5 Å². The van der Waals surface area contributed by atoms with Gasteiger partial charge in [-0.05, 0) is 135 Å². The van der Waals surface area contributed by atoms with E-state index in [0.717, 1.165) is 39.8 Å². The standard InChI is InChI=1S/C56H40N2S/c1-2-13-35(14-3-1)55-57-48-23-22-34-12-4-6-16-40(34)52(48)53(58-55)37-30-44(45-29-36-15-5-7-17-41(36)51-43-19-9-11-21-49(43)59-54(45)51)50-42-18-8-10-20-46(42)56(47(50)31-37)38-25-32-24-33(27-38)28-39(56)26-32/h1-23,29-33,38-39H,24-28H2. The summed E-state index contributed by atoms with van der Waals surface area (Å²) in [6.45, 7) is 0. The molecule has 0 amide bonds. The summed E-state index contributed by atoms with van der Waals surface area (Å²) in [5.41, 5.74) is 12.9. The highest BCUT2D eigenvalue weighted by Gasteiger charge is 2.62. The minimum absolute atomic E-state index is 0.00655. The van der Waals surface area contributed by atoms with Crippen molar-refractivity contribution in [3.05, 3.63) is 169 Å². The van der Waals surface area contributed by atoms with Crippen LogP contribution in [0.15, 0.2) is 158 Å². The van der Waals surface area contributed by atoms with Crippen LogP contribution in [0.4, 0.5) is 0 Å². The Morgan fingerprint density at radius 1 is 0.475 bits per heavy atom. The lowest BCUT2D eigenvalue weighted by molar-refractivity contribution is -0.0399. The maximum Gasteiger partial charge on any atom is 0.160 e. The first kappa shape index (κ1) is 32.8. The Balaban J connectivity index is 1.17. The van der Waals surface area contributed by atoms with E-state index in [1.54, 1.807) is 11.1 Å². The third kappa shape index (κ3) is 4.41. The van der Waals surface area contributed by atoms with E-state index in [1.165, 1.54) is 102 Å². The van der Waals surface area contributed by atoms with E-state index >= 15 is 0 Å². The van der Waals surface area contributed by atoms with E-state index in [4.69, 9.17) is 9.97 Å². The van der Waals surface area contributed by atoms with Gasteiger partial charge >= 0.3 is 0 Å². The number of benzene rings is 8. The fourth-order valence-corrected chi connectivity index (χ4v) is 14.5. The first-order valence-corrected chi connectivity index (χ1v) is 22.4. The lowest BCUT2D eigenvalue weighted by Gasteiger charge is -2.61. The molecule has 4 fully saturated rings. The minimum atomic E-state index is -0.00655. The number of aromatic nitrogens is 2. The summed E-state index contributed by atoms with van der Waals surface area (Å²) < 4.78 is 2.71. The van der Waals surface area contributed by atoms with Crippen molar-refractivity contribution >= 4 is 64.0 Å². The Morgan fingerprint density at radius 3 is 1.97 bits per heavy atom. The molecule has 2 heterocycles. The summed E-state index contributed by atoms with van der Waals surface area (Å²) in [4.78, 5) is 11.0. The van der Waals surface area contributed by atoms with Gasteiger partial charge in [0.25, 0.3) is 0 Å². The van der Waals surface area contributed by atoms with Gasteiger partial charge in [-0.1, -0.05) is 127 Å². The Morgan fingerprint density at radius 2 is 1.15 bits per heavy atom. The van der Waals surface area contributed by atoms with E-state index in [0.29, 0.717) is 11.8 Å². The van der Waals surface area contributed by atoms with E-state index in [2.05, 4.69) is 158 Å². The van der Waals surface area contributed by atoms with Gasteiger partial charge in [0.1, 0.15) is 0 Å². The van der Waals surface area contributed by atoms with Crippen LogP contribution in [0.5, 0.6) is 0 Å². The molecule has 0 atom stereocenters. The number of hydrogen-bond acceptors (Lipinski definition) is 3.